The normalized spacial score (nSPS) is 19.0. The van der Waals surface area contributed by atoms with Gasteiger partial charge in [-0.25, -0.2) is 9.97 Å². The zero-order valence-electron chi connectivity index (χ0n) is 20.2. The van der Waals surface area contributed by atoms with Crippen LogP contribution in [0.4, 0.5) is 11.6 Å². The molecule has 0 unspecified atom stereocenters. The molecule has 8 nitrogen and oxygen atoms in total. The van der Waals surface area contributed by atoms with E-state index < -0.39 is 18.9 Å². The van der Waals surface area contributed by atoms with Crippen molar-refractivity contribution in [3.05, 3.63) is 60.7 Å². The second kappa shape index (κ2) is 7.55. The van der Waals surface area contributed by atoms with Gasteiger partial charge in [0, 0.05) is 48.2 Å². The molecule has 1 N–H and O–H groups in total. The van der Waals surface area contributed by atoms with E-state index in [2.05, 4.69) is 25.5 Å². The van der Waals surface area contributed by atoms with Gasteiger partial charge >= 0.3 is 0 Å². The summed E-state index contributed by atoms with van der Waals surface area (Å²) in [6.07, 6.45) is 4.92. The molecular formula is C22H21N7O. The number of hydrogen-bond donors (Lipinski definition) is 1. The molecule has 0 saturated carbocycles. The lowest BCUT2D eigenvalue weighted by Gasteiger charge is -2.16. The maximum atomic E-state index is 12.9. The van der Waals surface area contributed by atoms with Crippen LogP contribution in [-0.4, -0.2) is 43.6 Å². The molecule has 1 aliphatic rings. The summed E-state index contributed by atoms with van der Waals surface area (Å²) in [6, 6.07) is 10.3. The Kier molecular flexibility index (Phi) is 3.58. The van der Waals surface area contributed by atoms with E-state index in [0.29, 0.717) is 5.52 Å². The maximum absolute atomic E-state index is 12.9. The Labute approximate surface area is 179 Å². The van der Waals surface area contributed by atoms with Gasteiger partial charge in [-0.2, -0.15) is 0 Å². The third kappa shape index (κ3) is 3.47. The summed E-state index contributed by atoms with van der Waals surface area (Å²) in [7, 11) is 1.91. The topological polar surface area (TPSA) is 88.8 Å². The highest BCUT2D eigenvalue weighted by Crippen LogP contribution is 2.24. The van der Waals surface area contributed by atoms with E-state index >= 15 is 0 Å². The van der Waals surface area contributed by atoms with Crippen molar-refractivity contribution in [3.63, 3.8) is 0 Å². The second-order valence-corrected chi connectivity index (χ2v) is 6.90. The van der Waals surface area contributed by atoms with Gasteiger partial charge in [-0.1, -0.05) is 6.07 Å². The number of fused-ring (bicyclic) bond motifs is 1. The predicted molar refractivity (Wildman–Crippen MR) is 115 cm³/mol. The molecule has 0 spiro atoms. The maximum Gasteiger partial charge on any atom is 0.257 e. The van der Waals surface area contributed by atoms with E-state index in [1.54, 1.807) is 18.6 Å². The molecule has 0 aliphatic carbocycles. The molecule has 1 saturated heterocycles. The van der Waals surface area contributed by atoms with Crippen LogP contribution in [0.3, 0.4) is 0 Å². The van der Waals surface area contributed by atoms with Crippen LogP contribution >= 0.6 is 0 Å². The summed E-state index contributed by atoms with van der Waals surface area (Å²) in [5, 5.41) is 11.8. The Bertz CT molecular complexity index is 1390. The third-order valence-electron chi connectivity index (χ3n) is 4.84. The van der Waals surface area contributed by atoms with Gasteiger partial charge in [0.2, 0.25) is 0 Å². The molecular weight excluding hydrogens is 378 g/mol. The number of nitrogens with one attached hydrogen (secondary N) is 1. The Morgan fingerprint density at radius 2 is 2.00 bits per heavy atom. The van der Waals surface area contributed by atoms with Crippen LogP contribution in [0.25, 0.3) is 22.2 Å². The van der Waals surface area contributed by atoms with Crippen LogP contribution in [0.1, 0.15) is 28.7 Å². The fourth-order valence-electron chi connectivity index (χ4n) is 3.32. The lowest BCUT2D eigenvalue weighted by atomic mass is 10.1. The number of anilines is 2. The number of benzene rings is 1. The van der Waals surface area contributed by atoms with Crippen LogP contribution < -0.4 is 10.2 Å². The lowest BCUT2D eigenvalue weighted by Crippen LogP contribution is -2.20. The van der Waals surface area contributed by atoms with Gasteiger partial charge in [-0.3, -0.25) is 4.79 Å². The van der Waals surface area contributed by atoms with E-state index in [1.165, 1.54) is 18.3 Å². The molecule has 0 radical (unpaired) electrons. The Balaban J connectivity index is 1.42. The summed E-state index contributed by atoms with van der Waals surface area (Å²) >= 11 is 0. The molecule has 8 heteroatoms. The number of carbonyl (C=O) groups excluding carboxylic acids is 1. The Morgan fingerprint density at radius 1 is 1.13 bits per heavy atom. The minimum atomic E-state index is -1.90. The first-order valence-electron chi connectivity index (χ1n) is 11.5. The predicted octanol–water partition coefficient (Wildman–Crippen LogP) is 3.28. The van der Waals surface area contributed by atoms with E-state index in [9.17, 15) is 4.79 Å². The Morgan fingerprint density at radius 3 is 2.80 bits per heavy atom. The van der Waals surface area contributed by atoms with Crippen LogP contribution in [0.15, 0.2) is 55.1 Å². The highest BCUT2D eigenvalue weighted by Gasteiger charge is 2.16. The number of carbonyl (C=O) groups is 1. The summed E-state index contributed by atoms with van der Waals surface area (Å²) in [6.45, 7) is -3.80. The fourth-order valence-corrected chi connectivity index (χ4v) is 3.32. The molecule has 0 bridgehead atoms. The molecule has 1 fully saturated rings. The van der Waals surface area contributed by atoms with Crippen LogP contribution in [0.5, 0.6) is 0 Å². The molecule has 3 aromatic heterocycles. The van der Waals surface area contributed by atoms with Crippen molar-refractivity contribution in [2.45, 2.75) is 12.8 Å². The standard InChI is InChI=1S/C22H21N7O/c1-28-14-23-13-19(28)15-4-5-18-17(10-15)11-20(27-26-18)25-22(30)16-6-7-24-21(12-16)29-8-2-3-9-29/h4-7,10-14H,2-3,8-9H2,1H3,(H,25,27,30)/i8D2,9D2. The van der Waals surface area contributed by atoms with Gasteiger partial charge in [0.25, 0.3) is 5.91 Å². The van der Waals surface area contributed by atoms with Crippen molar-refractivity contribution in [3.8, 4) is 11.3 Å². The van der Waals surface area contributed by atoms with Gasteiger partial charge in [0.1, 0.15) is 5.82 Å². The number of pyridine rings is 1. The zero-order valence-corrected chi connectivity index (χ0v) is 16.2. The van der Waals surface area contributed by atoms with E-state index in [0.717, 1.165) is 21.5 Å². The summed E-state index contributed by atoms with van der Waals surface area (Å²) in [5.74, 6) is -0.171. The number of aryl methyl sites for hydroxylation is 1. The quantitative estimate of drug-likeness (QED) is 0.563. The van der Waals surface area contributed by atoms with E-state index in [1.807, 2.05) is 29.8 Å². The molecule has 1 aromatic carbocycles. The molecule has 4 heterocycles. The van der Waals surface area contributed by atoms with Gasteiger partial charge in [0.05, 0.1) is 23.7 Å². The van der Waals surface area contributed by atoms with Crippen LogP contribution in [0.2, 0.25) is 0 Å². The monoisotopic (exact) mass is 403 g/mol. The summed E-state index contributed by atoms with van der Waals surface area (Å²) in [5.41, 5.74) is 2.77. The van der Waals surface area contributed by atoms with Crippen molar-refractivity contribution in [2.24, 2.45) is 7.05 Å². The fraction of sp³-hybridized carbons (Fsp3) is 0.227. The number of aromatic nitrogens is 5. The van der Waals surface area contributed by atoms with E-state index in [4.69, 9.17) is 5.48 Å². The molecule has 1 aliphatic heterocycles. The first kappa shape index (κ1) is 14.2. The third-order valence-corrected chi connectivity index (χ3v) is 4.84. The average molecular weight is 403 g/mol. The minimum Gasteiger partial charge on any atom is -0.357 e. The number of imidazole rings is 1. The molecule has 0 atom stereocenters. The van der Waals surface area contributed by atoms with Crippen molar-refractivity contribution in [1.82, 2.24) is 24.7 Å². The average Bonchev–Trinajstić information content (AvgIpc) is 3.32. The number of hydrogen-bond acceptors (Lipinski definition) is 6. The molecule has 1 amide bonds. The number of rotatable bonds is 4. The first-order chi connectivity index (χ1) is 16.1. The van der Waals surface area contributed by atoms with E-state index in [-0.39, 0.29) is 30.0 Å². The summed E-state index contributed by atoms with van der Waals surface area (Å²) in [4.78, 5) is 22.2. The molecule has 4 aromatic rings. The van der Waals surface area contributed by atoms with Crippen molar-refractivity contribution in [2.75, 3.05) is 23.2 Å². The largest absolute Gasteiger partial charge is 0.357 e. The highest BCUT2D eigenvalue weighted by atomic mass is 16.1. The van der Waals surface area contributed by atoms with Crippen LogP contribution in [-0.2, 0) is 7.05 Å². The highest BCUT2D eigenvalue weighted by molar-refractivity contribution is 6.04. The van der Waals surface area contributed by atoms with Gasteiger partial charge in [-0.15, -0.1) is 10.2 Å². The Hall–Kier alpha value is -3.81. The minimum absolute atomic E-state index is 0.0333. The molecule has 30 heavy (non-hydrogen) atoms. The van der Waals surface area contributed by atoms with Crippen molar-refractivity contribution in [1.29, 1.82) is 0 Å². The van der Waals surface area contributed by atoms with Gasteiger partial charge in [0.15, 0.2) is 5.82 Å². The molecule has 5 rings (SSSR count). The number of amides is 1. The lowest BCUT2D eigenvalue weighted by molar-refractivity contribution is 0.102. The number of nitrogens with zero attached hydrogens (tertiary/aromatic N) is 6. The summed E-state index contributed by atoms with van der Waals surface area (Å²) < 4.78 is 34.5. The first-order valence-corrected chi connectivity index (χ1v) is 9.46. The van der Waals surface area contributed by atoms with Crippen LogP contribution in [0, 0.1) is 0 Å². The molecule has 150 valence electrons. The second-order valence-electron chi connectivity index (χ2n) is 6.90. The van der Waals surface area contributed by atoms with Crippen molar-refractivity contribution >= 4 is 28.4 Å². The van der Waals surface area contributed by atoms with Crippen molar-refractivity contribution < 1.29 is 10.3 Å². The van der Waals surface area contributed by atoms with Gasteiger partial charge < -0.3 is 14.8 Å². The SMILES string of the molecule is [2H]C1([2H])CCC([2H])([2H])N1c1cc(C(=O)Nc2cc3cc(-c4cncn4C)ccc3nn2)ccn1. The zero-order chi connectivity index (χ0) is 24.1. The van der Waals surface area contributed by atoms with Gasteiger partial charge in [-0.05, 0) is 43.2 Å². The smallest absolute Gasteiger partial charge is 0.257 e.